The molecule has 2 nitrogen and oxygen atoms in total. The molecular weight excluding hydrogens is 572 g/mol. The van der Waals surface area contributed by atoms with E-state index in [4.69, 9.17) is 0 Å². The summed E-state index contributed by atoms with van der Waals surface area (Å²) >= 11 is 0. The van der Waals surface area contributed by atoms with E-state index in [1.54, 1.807) is 0 Å². The Labute approximate surface area is 298 Å². The number of carboxylic acid groups (broad SMARTS) is 1. The van der Waals surface area contributed by atoms with Crippen LogP contribution >= 0.6 is 0 Å². The van der Waals surface area contributed by atoms with Gasteiger partial charge in [-0.15, -0.1) is 0 Å². The van der Waals surface area contributed by atoms with Crippen molar-refractivity contribution in [1.29, 1.82) is 0 Å². The Kier molecular flexibility index (Phi) is 31.1. The van der Waals surface area contributed by atoms with Crippen molar-refractivity contribution in [3.63, 3.8) is 0 Å². The Morgan fingerprint density at radius 2 is 0.596 bits per heavy atom. The molecule has 2 heteroatoms. The molecule has 0 aliphatic rings. The highest BCUT2D eigenvalue weighted by atomic mass is 16.4. The molecule has 0 saturated carbocycles. The van der Waals surface area contributed by atoms with Crippen molar-refractivity contribution in [2.45, 2.75) is 248 Å². The van der Waals surface area contributed by atoms with Crippen LogP contribution in [0.1, 0.15) is 248 Å². The van der Waals surface area contributed by atoms with Crippen LogP contribution in [-0.2, 0) is 4.79 Å². The van der Waals surface area contributed by atoms with Crippen LogP contribution in [0.15, 0.2) is 0 Å². The first-order chi connectivity index (χ1) is 22.5. The van der Waals surface area contributed by atoms with E-state index in [9.17, 15) is 9.90 Å². The SMILES string of the molecule is CC(C)CCCCCCCCCC(CCCC(C)C)C(CCCCCCCCCC(C)C)(CCCCCCCCCC(C)C)C(=O)O. The van der Waals surface area contributed by atoms with Gasteiger partial charge in [0.05, 0.1) is 5.41 Å². The Hall–Kier alpha value is -0.530. The summed E-state index contributed by atoms with van der Waals surface area (Å²) < 4.78 is 0. The summed E-state index contributed by atoms with van der Waals surface area (Å²) in [6.07, 6.45) is 37.9. The molecular formula is C45H90O2. The van der Waals surface area contributed by atoms with Gasteiger partial charge >= 0.3 is 5.97 Å². The van der Waals surface area contributed by atoms with Crippen LogP contribution in [0.25, 0.3) is 0 Å². The maximum absolute atomic E-state index is 13.4. The molecule has 0 aliphatic heterocycles. The lowest BCUT2D eigenvalue weighted by atomic mass is 9.65. The molecule has 0 radical (unpaired) electrons. The van der Waals surface area contributed by atoms with E-state index in [-0.39, 0.29) is 0 Å². The van der Waals surface area contributed by atoms with Crippen molar-refractivity contribution < 1.29 is 9.90 Å². The number of unbranched alkanes of at least 4 members (excludes halogenated alkanes) is 18. The van der Waals surface area contributed by atoms with Gasteiger partial charge in [0.1, 0.15) is 0 Å². The summed E-state index contributed by atoms with van der Waals surface area (Å²) in [5, 5.41) is 11.1. The van der Waals surface area contributed by atoms with Gasteiger partial charge in [0.15, 0.2) is 0 Å². The first-order valence-corrected chi connectivity index (χ1v) is 21.7. The average Bonchev–Trinajstić information content (AvgIpc) is 2.99. The highest BCUT2D eigenvalue weighted by Gasteiger charge is 2.43. The first-order valence-electron chi connectivity index (χ1n) is 21.7. The largest absolute Gasteiger partial charge is 0.481 e. The standard InChI is InChI=1S/C45H90O2/c1-39(2)31-24-18-12-9-15-21-27-35-43(36-30-34-42(7)8)45(44(46)47,37-28-22-16-10-13-19-25-32-40(3)4)38-29-23-17-11-14-20-26-33-41(5)6/h39-43H,9-38H2,1-8H3,(H,46,47). The Morgan fingerprint density at radius 3 is 0.894 bits per heavy atom. The van der Waals surface area contributed by atoms with Crippen molar-refractivity contribution in [2.24, 2.45) is 35.0 Å². The fourth-order valence-corrected chi connectivity index (χ4v) is 7.97. The molecule has 0 heterocycles. The summed E-state index contributed by atoms with van der Waals surface area (Å²) in [5.74, 6) is 3.06. The summed E-state index contributed by atoms with van der Waals surface area (Å²) in [7, 11) is 0. The van der Waals surface area contributed by atoms with E-state index < -0.39 is 11.4 Å². The average molecular weight is 663 g/mol. The third-order valence-electron chi connectivity index (χ3n) is 11.2. The number of carboxylic acids is 1. The molecule has 0 aromatic rings. The molecule has 0 fully saturated rings. The number of hydrogen-bond donors (Lipinski definition) is 1. The normalized spacial score (nSPS) is 13.1. The third-order valence-corrected chi connectivity index (χ3v) is 11.2. The van der Waals surface area contributed by atoms with E-state index in [1.807, 2.05) is 0 Å². The second kappa shape index (κ2) is 31.5. The third kappa shape index (κ3) is 27.9. The van der Waals surface area contributed by atoms with Crippen LogP contribution in [0.3, 0.4) is 0 Å². The van der Waals surface area contributed by atoms with Crippen molar-refractivity contribution in [3.8, 4) is 0 Å². The van der Waals surface area contributed by atoms with Crippen LogP contribution in [0, 0.1) is 35.0 Å². The van der Waals surface area contributed by atoms with Gasteiger partial charge in [0.2, 0.25) is 0 Å². The van der Waals surface area contributed by atoms with Gasteiger partial charge in [0, 0.05) is 0 Å². The van der Waals surface area contributed by atoms with Crippen molar-refractivity contribution in [3.05, 3.63) is 0 Å². The lowest BCUT2D eigenvalue weighted by molar-refractivity contribution is -0.155. The fourth-order valence-electron chi connectivity index (χ4n) is 7.97. The molecule has 0 bridgehead atoms. The van der Waals surface area contributed by atoms with Gasteiger partial charge in [-0.3, -0.25) is 4.79 Å². The number of hydrogen-bond acceptors (Lipinski definition) is 1. The van der Waals surface area contributed by atoms with Crippen molar-refractivity contribution in [1.82, 2.24) is 0 Å². The zero-order chi connectivity index (χ0) is 35.2. The Morgan fingerprint density at radius 1 is 0.362 bits per heavy atom. The smallest absolute Gasteiger partial charge is 0.309 e. The second-order valence-corrected chi connectivity index (χ2v) is 17.7. The predicted molar refractivity (Wildman–Crippen MR) is 211 cm³/mol. The van der Waals surface area contributed by atoms with E-state index in [0.29, 0.717) is 11.8 Å². The van der Waals surface area contributed by atoms with Crippen LogP contribution in [0.4, 0.5) is 0 Å². The lowest BCUT2D eigenvalue weighted by Gasteiger charge is -2.38. The van der Waals surface area contributed by atoms with Crippen LogP contribution < -0.4 is 0 Å². The molecule has 47 heavy (non-hydrogen) atoms. The summed E-state index contributed by atoms with van der Waals surface area (Å²) in [4.78, 5) is 13.4. The lowest BCUT2D eigenvalue weighted by Crippen LogP contribution is -2.39. The van der Waals surface area contributed by atoms with Gasteiger partial charge in [-0.05, 0) is 55.3 Å². The Balaban J connectivity index is 5.21. The molecule has 0 aromatic heterocycles. The second-order valence-electron chi connectivity index (χ2n) is 17.7. The Bertz CT molecular complexity index is 637. The molecule has 0 aliphatic carbocycles. The maximum atomic E-state index is 13.4. The molecule has 1 atom stereocenters. The summed E-state index contributed by atoms with van der Waals surface area (Å²) in [5.41, 5.74) is -0.512. The summed E-state index contributed by atoms with van der Waals surface area (Å²) in [6, 6.07) is 0. The van der Waals surface area contributed by atoms with Gasteiger partial charge in [-0.25, -0.2) is 0 Å². The minimum atomic E-state index is -0.512. The molecule has 0 rings (SSSR count). The van der Waals surface area contributed by atoms with Crippen LogP contribution in [0.5, 0.6) is 0 Å². The highest BCUT2D eigenvalue weighted by Crippen LogP contribution is 2.45. The number of aliphatic carboxylic acids is 1. The van der Waals surface area contributed by atoms with Gasteiger partial charge < -0.3 is 5.11 Å². The molecule has 0 spiro atoms. The fraction of sp³-hybridized carbons (Fsp3) is 0.978. The number of rotatable bonds is 36. The zero-order valence-corrected chi connectivity index (χ0v) is 34.0. The van der Waals surface area contributed by atoms with Crippen LogP contribution in [-0.4, -0.2) is 11.1 Å². The quantitative estimate of drug-likeness (QED) is 0.0678. The van der Waals surface area contributed by atoms with E-state index in [2.05, 4.69) is 55.4 Å². The molecule has 0 aromatic carbocycles. The minimum absolute atomic E-state index is 0.344. The van der Waals surface area contributed by atoms with Gasteiger partial charge in [0.25, 0.3) is 0 Å². The first kappa shape index (κ1) is 46.5. The predicted octanol–water partition coefficient (Wildman–Crippen LogP) is 16.0. The monoisotopic (exact) mass is 663 g/mol. The molecule has 0 amide bonds. The minimum Gasteiger partial charge on any atom is -0.481 e. The molecule has 1 unspecified atom stereocenters. The van der Waals surface area contributed by atoms with Crippen molar-refractivity contribution >= 4 is 5.97 Å². The zero-order valence-electron chi connectivity index (χ0n) is 34.0. The van der Waals surface area contributed by atoms with Gasteiger partial charge in [-0.1, -0.05) is 222 Å². The van der Waals surface area contributed by atoms with E-state index in [0.717, 1.165) is 56.3 Å². The van der Waals surface area contributed by atoms with Crippen molar-refractivity contribution in [2.75, 3.05) is 0 Å². The topological polar surface area (TPSA) is 37.3 Å². The maximum Gasteiger partial charge on any atom is 0.309 e. The number of carbonyl (C=O) groups is 1. The summed E-state index contributed by atoms with van der Waals surface area (Å²) in [6.45, 7) is 18.6. The molecule has 1 N–H and O–H groups in total. The van der Waals surface area contributed by atoms with Crippen LogP contribution in [0.2, 0.25) is 0 Å². The molecule has 0 saturated heterocycles. The van der Waals surface area contributed by atoms with E-state index >= 15 is 0 Å². The highest BCUT2D eigenvalue weighted by molar-refractivity contribution is 5.75. The van der Waals surface area contributed by atoms with Gasteiger partial charge in [-0.2, -0.15) is 0 Å². The molecule has 282 valence electrons. The van der Waals surface area contributed by atoms with E-state index in [1.165, 1.54) is 154 Å².